The smallest absolute Gasteiger partial charge is 0.337 e. The lowest BCUT2D eigenvalue weighted by Gasteiger charge is -2.11. The van der Waals surface area contributed by atoms with Crippen molar-refractivity contribution in [2.75, 3.05) is 26.6 Å². The Morgan fingerprint density at radius 1 is 1.04 bits per heavy atom. The van der Waals surface area contributed by atoms with Crippen LogP contribution in [0.3, 0.4) is 0 Å². The first-order valence-corrected chi connectivity index (χ1v) is 6.53. The van der Waals surface area contributed by atoms with Gasteiger partial charge in [-0.15, -0.1) is 0 Å². The first-order valence-electron chi connectivity index (χ1n) is 6.53. The molecule has 0 atom stereocenters. The molecule has 1 heterocycles. The van der Waals surface area contributed by atoms with E-state index in [1.807, 2.05) is 0 Å². The minimum Gasteiger partial charge on any atom is -0.480 e. The number of rotatable bonds is 5. The van der Waals surface area contributed by atoms with Gasteiger partial charge in [-0.1, -0.05) is 6.07 Å². The van der Waals surface area contributed by atoms with Crippen molar-refractivity contribution in [3.63, 3.8) is 0 Å². The molecule has 0 unspecified atom stereocenters. The summed E-state index contributed by atoms with van der Waals surface area (Å²) in [4.78, 5) is 31.7. The van der Waals surface area contributed by atoms with E-state index in [-0.39, 0.29) is 17.3 Å². The SMILES string of the molecule is COC(=O)c1cccc(NC(=O)c2c(OC)ncnc2OC)c1. The normalized spacial score (nSPS) is 9.87. The second-order valence-electron chi connectivity index (χ2n) is 4.29. The van der Waals surface area contributed by atoms with Gasteiger partial charge < -0.3 is 19.5 Å². The third-order valence-electron chi connectivity index (χ3n) is 2.93. The van der Waals surface area contributed by atoms with Crippen LogP contribution in [0.5, 0.6) is 11.8 Å². The molecule has 0 spiro atoms. The third kappa shape index (κ3) is 3.54. The minimum absolute atomic E-state index is 0.0565. The first kappa shape index (κ1) is 16.2. The van der Waals surface area contributed by atoms with Gasteiger partial charge in [-0.25, -0.2) is 14.8 Å². The Bertz CT molecular complexity index is 711. The van der Waals surface area contributed by atoms with Gasteiger partial charge in [0.15, 0.2) is 5.56 Å². The maximum Gasteiger partial charge on any atom is 0.337 e. The van der Waals surface area contributed by atoms with E-state index < -0.39 is 11.9 Å². The first-order chi connectivity index (χ1) is 11.1. The Kier molecular flexibility index (Phi) is 5.08. The van der Waals surface area contributed by atoms with Crippen LogP contribution in [0.25, 0.3) is 0 Å². The predicted octanol–water partition coefficient (Wildman–Crippen LogP) is 1.53. The fourth-order valence-corrected chi connectivity index (χ4v) is 1.89. The predicted molar refractivity (Wildman–Crippen MR) is 80.9 cm³/mol. The average Bonchev–Trinajstić information content (AvgIpc) is 2.60. The highest BCUT2D eigenvalue weighted by Gasteiger charge is 2.21. The maximum atomic E-state index is 12.5. The van der Waals surface area contributed by atoms with Gasteiger partial charge in [0.25, 0.3) is 5.91 Å². The van der Waals surface area contributed by atoms with E-state index in [0.717, 1.165) is 0 Å². The summed E-state index contributed by atoms with van der Waals surface area (Å²) in [5.41, 5.74) is 0.778. The van der Waals surface area contributed by atoms with Crippen LogP contribution in [0, 0.1) is 0 Å². The number of carbonyl (C=O) groups is 2. The largest absolute Gasteiger partial charge is 0.480 e. The number of hydrogen-bond donors (Lipinski definition) is 1. The summed E-state index contributed by atoms with van der Waals surface area (Å²) >= 11 is 0. The lowest BCUT2D eigenvalue weighted by Crippen LogP contribution is -2.16. The van der Waals surface area contributed by atoms with Gasteiger partial charge in [0.05, 0.1) is 26.9 Å². The monoisotopic (exact) mass is 317 g/mol. The maximum absolute atomic E-state index is 12.5. The molecule has 0 fully saturated rings. The number of anilines is 1. The molecule has 1 aromatic carbocycles. The van der Waals surface area contributed by atoms with E-state index in [4.69, 9.17) is 9.47 Å². The van der Waals surface area contributed by atoms with Crippen LogP contribution in [0.15, 0.2) is 30.6 Å². The lowest BCUT2D eigenvalue weighted by molar-refractivity contribution is 0.0600. The zero-order valence-electron chi connectivity index (χ0n) is 12.8. The van der Waals surface area contributed by atoms with Crippen molar-refractivity contribution in [3.05, 3.63) is 41.7 Å². The quantitative estimate of drug-likeness (QED) is 0.835. The molecule has 0 aliphatic heterocycles. The summed E-state index contributed by atoms with van der Waals surface area (Å²) in [6, 6.07) is 6.33. The Labute approximate surface area is 132 Å². The van der Waals surface area contributed by atoms with Crippen LogP contribution >= 0.6 is 0 Å². The summed E-state index contributed by atoms with van der Waals surface area (Å²) in [5, 5.41) is 2.64. The zero-order chi connectivity index (χ0) is 16.8. The lowest BCUT2D eigenvalue weighted by atomic mass is 10.2. The van der Waals surface area contributed by atoms with Gasteiger partial charge in [0.2, 0.25) is 11.8 Å². The van der Waals surface area contributed by atoms with Crippen LogP contribution in [-0.4, -0.2) is 43.2 Å². The number of carbonyl (C=O) groups excluding carboxylic acids is 2. The molecule has 8 heteroatoms. The second-order valence-corrected chi connectivity index (χ2v) is 4.29. The standard InChI is InChI=1S/C15H15N3O5/c1-21-13-11(14(22-2)17-8-16-13)12(19)18-10-6-4-5-9(7-10)15(20)23-3/h4-8H,1-3H3,(H,18,19). The summed E-state index contributed by atoms with van der Waals surface area (Å²) in [6.07, 6.45) is 1.23. The van der Waals surface area contributed by atoms with Crippen LogP contribution in [-0.2, 0) is 4.74 Å². The van der Waals surface area contributed by atoms with Crippen LogP contribution < -0.4 is 14.8 Å². The molecule has 23 heavy (non-hydrogen) atoms. The highest BCUT2D eigenvalue weighted by Crippen LogP contribution is 2.24. The molecule has 2 aromatic rings. The molecular weight excluding hydrogens is 302 g/mol. The van der Waals surface area contributed by atoms with Crippen molar-refractivity contribution in [2.24, 2.45) is 0 Å². The van der Waals surface area contributed by atoms with Crippen molar-refractivity contribution in [2.45, 2.75) is 0 Å². The van der Waals surface area contributed by atoms with Gasteiger partial charge in [-0.2, -0.15) is 0 Å². The fraction of sp³-hybridized carbons (Fsp3) is 0.200. The molecule has 0 saturated heterocycles. The van der Waals surface area contributed by atoms with E-state index in [2.05, 4.69) is 20.0 Å². The van der Waals surface area contributed by atoms with Crippen molar-refractivity contribution in [1.82, 2.24) is 9.97 Å². The molecule has 0 aliphatic rings. The molecule has 2 rings (SSSR count). The number of aromatic nitrogens is 2. The Morgan fingerprint density at radius 3 is 2.26 bits per heavy atom. The summed E-state index contributed by atoms with van der Waals surface area (Å²) in [7, 11) is 4.05. The molecule has 0 bridgehead atoms. The second kappa shape index (κ2) is 7.21. The number of nitrogens with one attached hydrogen (secondary N) is 1. The van der Waals surface area contributed by atoms with E-state index in [1.165, 1.54) is 33.7 Å². The molecular formula is C15H15N3O5. The van der Waals surface area contributed by atoms with Gasteiger partial charge in [-0.05, 0) is 18.2 Å². The topological polar surface area (TPSA) is 99.6 Å². The van der Waals surface area contributed by atoms with E-state index in [1.54, 1.807) is 18.2 Å². The van der Waals surface area contributed by atoms with Crippen LogP contribution in [0.1, 0.15) is 20.7 Å². The summed E-state index contributed by atoms with van der Waals surface area (Å²) < 4.78 is 14.8. The van der Waals surface area contributed by atoms with Crippen molar-refractivity contribution >= 4 is 17.6 Å². The molecule has 0 saturated carbocycles. The molecule has 1 aromatic heterocycles. The summed E-state index contributed by atoms with van der Waals surface area (Å²) in [6.45, 7) is 0. The van der Waals surface area contributed by atoms with Gasteiger partial charge >= 0.3 is 5.97 Å². The zero-order valence-corrected chi connectivity index (χ0v) is 12.8. The third-order valence-corrected chi connectivity index (χ3v) is 2.93. The highest BCUT2D eigenvalue weighted by molar-refractivity contribution is 6.07. The molecule has 1 N–H and O–H groups in total. The summed E-state index contributed by atoms with van der Waals surface area (Å²) in [5.74, 6) is -0.863. The van der Waals surface area contributed by atoms with Gasteiger partial charge in [0.1, 0.15) is 6.33 Å². The number of amides is 1. The number of hydrogen-bond acceptors (Lipinski definition) is 7. The highest BCUT2D eigenvalue weighted by atomic mass is 16.5. The molecule has 120 valence electrons. The number of ether oxygens (including phenoxy) is 3. The van der Waals surface area contributed by atoms with Gasteiger partial charge in [0, 0.05) is 5.69 Å². The molecule has 1 amide bonds. The number of esters is 1. The Balaban J connectivity index is 2.31. The molecule has 8 nitrogen and oxygen atoms in total. The number of benzene rings is 1. The molecule has 0 radical (unpaired) electrons. The Hall–Kier alpha value is -3.16. The van der Waals surface area contributed by atoms with E-state index >= 15 is 0 Å². The van der Waals surface area contributed by atoms with Crippen LogP contribution in [0.2, 0.25) is 0 Å². The van der Waals surface area contributed by atoms with Gasteiger partial charge in [-0.3, -0.25) is 4.79 Å². The number of nitrogens with zero attached hydrogens (tertiary/aromatic N) is 2. The fourth-order valence-electron chi connectivity index (χ4n) is 1.89. The average molecular weight is 317 g/mol. The Morgan fingerprint density at radius 2 is 1.70 bits per heavy atom. The number of methoxy groups -OCH3 is 3. The molecule has 0 aliphatic carbocycles. The van der Waals surface area contributed by atoms with Crippen molar-refractivity contribution in [3.8, 4) is 11.8 Å². The van der Waals surface area contributed by atoms with Crippen molar-refractivity contribution < 1.29 is 23.8 Å². The minimum atomic E-state index is -0.527. The van der Waals surface area contributed by atoms with E-state index in [9.17, 15) is 9.59 Å². The van der Waals surface area contributed by atoms with Crippen LogP contribution in [0.4, 0.5) is 5.69 Å². The van der Waals surface area contributed by atoms with Crippen molar-refractivity contribution in [1.29, 1.82) is 0 Å². The van der Waals surface area contributed by atoms with E-state index in [0.29, 0.717) is 11.3 Å².